The quantitative estimate of drug-likeness (QED) is 0.906. The van der Waals surface area contributed by atoms with Gasteiger partial charge in [0.25, 0.3) is 10.2 Å². The van der Waals surface area contributed by atoms with Crippen molar-refractivity contribution in [3.63, 3.8) is 0 Å². The Bertz CT molecular complexity index is 538. The molecule has 0 spiro atoms. The first-order valence-corrected chi connectivity index (χ1v) is 7.68. The molecule has 0 radical (unpaired) electrons. The summed E-state index contributed by atoms with van der Waals surface area (Å²) in [5, 5.41) is 0. The molecule has 0 bridgehead atoms. The molecule has 0 saturated carbocycles. The summed E-state index contributed by atoms with van der Waals surface area (Å²) in [6, 6.07) is 6.37. The summed E-state index contributed by atoms with van der Waals surface area (Å²) in [5.41, 5.74) is 3.71. The topological polar surface area (TPSA) is 49.4 Å². The molecule has 2 rings (SSSR count). The van der Waals surface area contributed by atoms with Crippen LogP contribution in [0.4, 0.5) is 0 Å². The molecule has 1 N–H and O–H groups in total. The monoisotopic (exact) mass is 268 g/mol. The van der Waals surface area contributed by atoms with E-state index < -0.39 is 10.2 Å². The summed E-state index contributed by atoms with van der Waals surface area (Å²) in [6.07, 6.45) is 0.788. The van der Waals surface area contributed by atoms with Crippen molar-refractivity contribution in [3.8, 4) is 0 Å². The minimum absolute atomic E-state index is 0.469. The van der Waals surface area contributed by atoms with Crippen molar-refractivity contribution >= 4 is 10.2 Å². The van der Waals surface area contributed by atoms with Gasteiger partial charge in [-0.2, -0.15) is 12.7 Å². The van der Waals surface area contributed by atoms with E-state index in [4.69, 9.17) is 0 Å². The number of nitrogens with one attached hydrogen (secondary N) is 1. The van der Waals surface area contributed by atoms with Crippen LogP contribution < -0.4 is 4.72 Å². The molecule has 1 aliphatic rings. The highest BCUT2D eigenvalue weighted by molar-refractivity contribution is 7.87. The summed E-state index contributed by atoms with van der Waals surface area (Å²) in [5.74, 6) is 0.509. The van der Waals surface area contributed by atoms with Crippen molar-refractivity contribution in [2.24, 2.45) is 0 Å². The van der Waals surface area contributed by atoms with E-state index in [9.17, 15) is 8.42 Å². The Balaban J connectivity index is 2.26. The second-order valence-corrected chi connectivity index (χ2v) is 6.85. The average molecular weight is 268 g/mol. The number of fused-ring (bicyclic) bond motifs is 1. The molecule has 4 nitrogen and oxygen atoms in total. The molecule has 0 saturated heterocycles. The van der Waals surface area contributed by atoms with Crippen molar-refractivity contribution in [1.82, 2.24) is 9.03 Å². The van der Waals surface area contributed by atoms with Gasteiger partial charge in [-0.25, -0.2) is 4.72 Å². The fourth-order valence-electron chi connectivity index (χ4n) is 2.24. The molecular formula is C13H20N2O2S. The van der Waals surface area contributed by atoms with Gasteiger partial charge in [0.1, 0.15) is 0 Å². The van der Waals surface area contributed by atoms with Crippen molar-refractivity contribution in [1.29, 1.82) is 0 Å². The minimum atomic E-state index is -3.31. The molecule has 5 heteroatoms. The number of hydrogen-bond donors (Lipinski definition) is 1. The van der Waals surface area contributed by atoms with Crippen LogP contribution >= 0.6 is 0 Å². The summed E-state index contributed by atoms with van der Waals surface area (Å²) < 4.78 is 27.4. The van der Waals surface area contributed by atoms with Gasteiger partial charge in [-0.3, -0.25) is 0 Å². The standard InChI is InChI=1S/C13H20N2O2S/c1-10(2)11-4-5-13-9-15(18(16,17)14-3)7-6-12(13)8-11/h4-5,8,10,14H,6-7,9H2,1-3H3. The van der Waals surface area contributed by atoms with Crippen LogP contribution in [0.1, 0.15) is 36.5 Å². The van der Waals surface area contributed by atoms with Gasteiger partial charge in [0.05, 0.1) is 0 Å². The normalized spacial score (nSPS) is 16.9. The Morgan fingerprint density at radius 2 is 2.00 bits per heavy atom. The third kappa shape index (κ3) is 2.58. The SMILES string of the molecule is CNS(=O)(=O)N1CCc2cc(C(C)C)ccc2C1. The van der Waals surface area contributed by atoms with Gasteiger partial charge in [0, 0.05) is 20.1 Å². The summed E-state index contributed by atoms with van der Waals surface area (Å²) in [6.45, 7) is 5.36. The zero-order chi connectivity index (χ0) is 13.3. The maximum absolute atomic E-state index is 11.8. The van der Waals surface area contributed by atoms with E-state index in [2.05, 4.69) is 36.8 Å². The Hall–Kier alpha value is -0.910. The third-order valence-corrected chi connectivity index (χ3v) is 4.98. The molecule has 0 amide bonds. The van der Waals surface area contributed by atoms with E-state index in [1.165, 1.54) is 22.5 Å². The average Bonchev–Trinajstić information content (AvgIpc) is 2.37. The Morgan fingerprint density at radius 1 is 1.28 bits per heavy atom. The highest BCUT2D eigenvalue weighted by Gasteiger charge is 2.25. The van der Waals surface area contributed by atoms with Crippen LogP contribution in [0.3, 0.4) is 0 Å². The van der Waals surface area contributed by atoms with E-state index in [-0.39, 0.29) is 0 Å². The lowest BCUT2D eigenvalue weighted by atomic mass is 9.94. The van der Waals surface area contributed by atoms with E-state index in [1.807, 2.05) is 0 Å². The fourth-order valence-corrected chi connectivity index (χ4v) is 3.14. The lowest BCUT2D eigenvalue weighted by Gasteiger charge is -2.28. The lowest BCUT2D eigenvalue weighted by Crippen LogP contribution is -2.41. The molecule has 0 fully saturated rings. The van der Waals surface area contributed by atoms with Gasteiger partial charge in [-0.15, -0.1) is 0 Å². The molecule has 0 atom stereocenters. The minimum Gasteiger partial charge on any atom is -0.205 e. The molecule has 0 aliphatic carbocycles. The molecule has 1 heterocycles. The van der Waals surface area contributed by atoms with Crippen molar-refractivity contribution < 1.29 is 8.42 Å². The molecule has 100 valence electrons. The van der Waals surface area contributed by atoms with Gasteiger partial charge in [0.15, 0.2) is 0 Å². The number of benzene rings is 1. The summed E-state index contributed by atoms with van der Waals surface area (Å²) in [7, 11) is -1.86. The number of hydrogen-bond acceptors (Lipinski definition) is 2. The molecule has 1 aliphatic heterocycles. The molecular weight excluding hydrogens is 248 g/mol. The zero-order valence-corrected chi connectivity index (χ0v) is 11.9. The predicted octanol–water partition coefficient (Wildman–Crippen LogP) is 1.63. The Morgan fingerprint density at radius 3 is 2.61 bits per heavy atom. The van der Waals surface area contributed by atoms with Crippen LogP contribution in [0.5, 0.6) is 0 Å². The first kappa shape index (κ1) is 13.5. The maximum Gasteiger partial charge on any atom is 0.279 e. The van der Waals surface area contributed by atoms with Gasteiger partial charge in [0.2, 0.25) is 0 Å². The van der Waals surface area contributed by atoms with E-state index >= 15 is 0 Å². The first-order chi connectivity index (χ1) is 8.44. The van der Waals surface area contributed by atoms with Crippen molar-refractivity contribution in [2.75, 3.05) is 13.6 Å². The molecule has 0 aromatic heterocycles. The molecule has 1 aromatic rings. The molecule has 18 heavy (non-hydrogen) atoms. The van der Waals surface area contributed by atoms with Crippen LogP contribution in [-0.2, 0) is 23.2 Å². The smallest absolute Gasteiger partial charge is 0.205 e. The van der Waals surface area contributed by atoms with E-state index in [1.54, 1.807) is 0 Å². The third-order valence-electron chi connectivity index (χ3n) is 3.47. The molecule has 0 unspecified atom stereocenters. The highest BCUT2D eigenvalue weighted by atomic mass is 32.2. The summed E-state index contributed by atoms with van der Waals surface area (Å²) >= 11 is 0. The van der Waals surface area contributed by atoms with Crippen LogP contribution in [0.2, 0.25) is 0 Å². The van der Waals surface area contributed by atoms with E-state index in [0.717, 1.165) is 12.0 Å². The van der Waals surface area contributed by atoms with Crippen molar-refractivity contribution in [2.45, 2.75) is 32.7 Å². The van der Waals surface area contributed by atoms with Crippen LogP contribution in [0.15, 0.2) is 18.2 Å². The fraction of sp³-hybridized carbons (Fsp3) is 0.538. The van der Waals surface area contributed by atoms with Crippen LogP contribution in [-0.4, -0.2) is 26.3 Å². The Kier molecular flexibility index (Phi) is 3.75. The first-order valence-electron chi connectivity index (χ1n) is 6.24. The zero-order valence-electron chi connectivity index (χ0n) is 11.1. The largest absolute Gasteiger partial charge is 0.279 e. The number of nitrogens with zero attached hydrogens (tertiary/aromatic N) is 1. The van der Waals surface area contributed by atoms with E-state index in [0.29, 0.717) is 19.0 Å². The number of rotatable bonds is 3. The summed E-state index contributed by atoms with van der Waals surface area (Å²) in [4.78, 5) is 0. The van der Waals surface area contributed by atoms with Gasteiger partial charge in [-0.1, -0.05) is 32.0 Å². The van der Waals surface area contributed by atoms with Crippen molar-refractivity contribution in [3.05, 3.63) is 34.9 Å². The van der Waals surface area contributed by atoms with Crippen LogP contribution in [0.25, 0.3) is 0 Å². The molecule has 1 aromatic carbocycles. The predicted molar refractivity (Wildman–Crippen MR) is 72.6 cm³/mol. The van der Waals surface area contributed by atoms with Gasteiger partial charge < -0.3 is 0 Å². The Labute approximate surface area is 109 Å². The maximum atomic E-state index is 11.8. The highest BCUT2D eigenvalue weighted by Crippen LogP contribution is 2.24. The van der Waals surface area contributed by atoms with Gasteiger partial charge in [-0.05, 0) is 29.0 Å². The van der Waals surface area contributed by atoms with Crippen LogP contribution in [0, 0.1) is 0 Å². The lowest BCUT2D eigenvalue weighted by molar-refractivity contribution is 0.386. The second-order valence-electron chi connectivity index (χ2n) is 4.98. The second kappa shape index (κ2) is 4.99. The van der Waals surface area contributed by atoms with Gasteiger partial charge >= 0.3 is 0 Å².